The molecule has 0 fully saturated rings. The SMILES string of the molecule is C[C@H](N)c1cncn1-c1cccc(F)c1. The molecule has 1 aromatic heterocycles. The Balaban J connectivity index is 2.49. The van der Waals surface area contributed by atoms with Crippen LogP contribution in [0.5, 0.6) is 0 Å². The highest BCUT2D eigenvalue weighted by Crippen LogP contribution is 2.16. The van der Waals surface area contributed by atoms with Gasteiger partial charge in [-0.15, -0.1) is 0 Å². The van der Waals surface area contributed by atoms with Gasteiger partial charge >= 0.3 is 0 Å². The van der Waals surface area contributed by atoms with Crippen molar-refractivity contribution in [2.24, 2.45) is 5.73 Å². The van der Waals surface area contributed by atoms with Crippen LogP contribution in [0.3, 0.4) is 0 Å². The molecule has 2 N–H and O–H groups in total. The molecule has 0 aliphatic rings. The van der Waals surface area contributed by atoms with Crippen molar-refractivity contribution in [3.63, 3.8) is 0 Å². The molecule has 1 heterocycles. The number of benzene rings is 1. The first-order chi connectivity index (χ1) is 7.18. The van der Waals surface area contributed by atoms with Crippen molar-refractivity contribution < 1.29 is 4.39 Å². The van der Waals surface area contributed by atoms with Gasteiger partial charge in [-0.2, -0.15) is 0 Å². The van der Waals surface area contributed by atoms with Gasteiger partial charge in [0.2, 0.25) is 0 Å². The maximum Gasteiger partial charge on any atom is 0.125 e. The molecule has 0 unspecified atom stereocenters. The highest BCUT2D eigenvalue weighted by atomic mass is 19.1. The van der Waals surface area contributed by atoms with Crippen molar-refractivity contribution in [2.45, 2.75) is 13.0 Å². The van der Waals surface area contributed by atoms with Gasteiger partial charge < -0.3 is 10.3 Å². The fraction of sp³-hybridized carbons (Fsp3) is 0.182. The van der Waals surface area contributed by atoms with Crippen LogP contribution in [0.4, 0.5) is 4.39 Å². The van der Waals surface area contributed by atoms with Gasteiger partial charge in [-0.05, 0) is 25.1 Å². The predicted molar refractivity (Wildman–Crippen MR) is 56.1 cm³/mol. The Hall–Kier alpha value is -1.68. The van der Waals surface area contributed by atoms with Crippen LogP contribution >= 0.6 is 0 Å². The summed E-state index contributed by atoms with van der Waals surface area (Å²) in [4.78, 5) is 4.01. The van der Waals surface area contributed by atoms with Gasteiger partial charge in [0.1, 0.15) is 5.82 Å². The average molecular weight is 205 g/mol. The average Bonchev–Trinajstić information content (AvgIpc) is 2.65. The van der Waals surface area contributed by atoms with Crippen LogP contribution in [0.2, 0.25) is 0 Å². The minimum atomic E-state index is -0.267. The zero-order chi connectivity index (χ0) is 10.8. The Morgan fingerprint density at radius 1 is 1.47 bits per heavy atom. The van der Waals surface area contributed by atoms with Gasteiger partial charge in [-0.1, -0.05) is 6.07 Å². The van der Waals surface area contributed by atoms with Crippen LogP contribution in [0.1, 0.15) is 18.7 Å². The normalized spacial score (nSPS) is 12.7. The lowest BCUT2D eigenvalue weighted by molar-refractivity contribution is 0.625. The first-order valence-corrected chi connectivity index (χ1v) is 4.72. The van der Waals surface area contributed by atoms with E-state index in [0.717, 1.165) is 11.4 Å². The summed E-state index contributed by atoms with van der Waals surface area (Å²) in [6.45, 7) is 1.87. The summed E-state index contributed by atoms with van der Waals surface area (Å²) in [5, 5.41) is 0. The second-order valence-electron chi connectivity index (χ2n) is 3.46. The van der Waals surface area contributed by atoms with Crippen molar-refractivity contribution in [1.29, 1.82) is 0 Å². The van der Waals surface area contributed by atoms with E-state index < -0.39 is 0 Å². The molecular weight excluding hydrogens is 193 g/mol. The molecule has 15 heavy (non-hydrogen) atoms. The summed E-state index contributed by atoms with van der Waals surface area (Å²) in [6, 6.07) is 6.21. The van der Waals surface area contributed by atoms with Gasteiger partial charge in [0, 0.05) is 11.7 Å². The molecule has 1 aromatic carbocycles. The Kier molecular flexibility index (Phi) is 2.51. The quantitative estimate of drug-likeness (QED) is 0.815. The number of hydrogen-bond acceptors (Lipinski definition) is 2. The van der Waals surface area contributed by atoms with Gasteiger partial charge in [0.05, 0.1) is 18.2 Å². The molecule has 0 saturated heterocycles. The van der Waals surface area contributed by atoms with Crippen LogP contribution in [0, 0.1) is 5.82 Å². The van der Waals surface area contributed by atoms with Gasteiger partial charge in [0.25, 0.3) is 0 Å². The first-order valence-electron chi connectivity index (χ1n) is 4.72. The Morgan fingerprint density at radius 2 is 2.27 bits per heavy atom. The van der Waals surface area contributed by atoms with Gasteiger partial charge in [-0.3, -0.25) is 0 Å². The number of nitrogens with zero attached hydrogens (tertiary/aromatic N) is 2. The second-order valence-corrected chi connectivity index (χ2v) is 3.46. The zero-order valence-corrected chi connectivity index (χ0v) is 8.39. The number of hydrogen-bond donors (Lipinski definition) is 1. The Labute approximate surface area is 87.4 Å². The van der Waals surface area contributed by atoms with Gasteiger partial charge in [0.15, 0.2) is 0 Å². The molecule has 0 saturated carbocycles. The molecule has 0 aliphatic carbocycles. The van der Waals surface area contributed by atoms with E-state index in [2.05, 4.69) is 4.98 Å². The lowest BCUT2D eigenvalue weighted by Gasteiger charge is -2.10. The number of aromatic nitrogens is 2. The maximum atomic E-state index is 13.0. The molecule has 4 heteroatoms. The summed E-state index contributed by atoms with van der Waals surface area (Å²) >= 11 is 0. The lowest BCUT2D eigenvalue weighted by Crippen LogP contribution is -2.10. The summed E-state index contributed by atoms with van der Waals surface area (Å²) in [6.07, 6.45) is 3.32. The van der Waals surface area contributed by atoms with Crippen molar-refractivity contribution in [2.75, 3.05) is 0 Å². The Bertz CT molecular complexity index is 462. The Morgan fingerprint density at radius 3 is 2.93 bits per heavy atom. The van der Waals surface area contributed by atoms with E-state index in [0.29, 0.717) is 0 Å². The third kappa shape index (κ3) is 1.89. The van der Waals surface area contributed by atoms with E-state index in [1.807, 2.05) is 13.0 Å². The van der Waals surface area contributed by atoms with E-state index in [4.69, 9.17) is 5.73 Å². The third-order valence-corrected chi connectivity index (χ3v) is 2.22. The zero-order valence-electron chi connectivity index (χ0n) is 8.39. The van der Waals surface area contributed by atoms with Crippen LogP contribution in [-0.2, 0) is 0 Å². The van der Waals surface area contributed by atoms with E-state index >= 15 is 0 Å². The second kappa shape index (κ2) is 3.82. The summed E-state index contributed by atoms with van der Waals surface area (Å²) in [7, 11) is 0. The number of rotatable bonds is 2. The fourth-order valence-electron chi connectivity index (χ4n) is 1.48. The predicted octanol–water partition coefficient (Wildman–Crippen LogP) is 2.03. The molecular formula is C11H12FN3. The van der Waals surface area contributed by atoms with E-state index in [1.54, 1.807) is 23.2 Å². The molecule has 0 amide bonds. The molecule has 0 radical (unpaired) electrons. The number of halogens is 1. The number of nitrogens with two attached hydrogens (primary N) is 1. The maximum absolute atomic E-state index is 13.0. The smallest absolute Gasteiger partial charge is 0.125 e. The molecule has 0 spiro atoms. The monoisotopic (exact) mass is 205 g/mol. The summed E-state index contributed by atoms with van der Waals surface area (Å²) in [5.41, 5.74) is 7.38. The largest absolute Gasteiger partial charge is 0.323 e. The van der Waals surface area contributed by atoms with E-state index in [9.17, 15) is 4.39 Å². The molecule has 1 atom stereocenters. The third-order valence-electron chi connectivity index (χ3n) is 2.22. The van der Waals surface area contributed by atoms with E-state index in [-0.39, 0.29) is 11.9 Å². The first kappa shape index (κ1) is 9.86. The topological polar surface area (TPSA) is 43.8 Å². The molecule has 3 nitrogen and oxygen atoms in total. The van der Waals surface area contributed by atoms with Crippen LogP contribution in [-0.4, -0.2) is 9.55 Å². The summed E-state index contributed by atoms with van der Waals surface area (Å²) < 4.78 is 14.8. The number of imidazole rings is 1. The summed E-state index contributed by atoms with van der Waals surface area (Å²) in [5.74, 6) is -0.267. The molecule has 2 rings (SSSR count). The fourth-order valence-corrected chi connectivity index (χ4v) is 1.48. The van der Waals surface area contributed by atoms with Crippen molar-refractivity contribution in [3.8, 4) is 5.69 Å². The van der Waals surface area contributed by atoms with Crippen molar-refractivity contribution in [3.05, 3.63) is 48.3 Å². The van der Waals surface area contributed by atoms with Crippen LogP contribution < -0.4 is 5.73 Å². The molecule has 78 valence electrons. The standard InChI is InChI=1S/C11H12FN3/c1-8(13)11-6-14-7-15(11)10-4-2-3-9(12)5-10/h2-8H,13H2,1H3/t8-/m0/s1. The minimum Gasteiger partial charge on any atom is -0.323 e. The highest BCUT2D eigenvalue weighted by molar-refractivity contribution is 5.34. The van der Waals surface area contributed by atoms with Crippen molar-refractivity contribution >= 4 is 0 Å². The molecule has 0 bridgehead atoms. The lowest BCUT2D eigenvalue weighted by atomic mass is 10.2. The molecule has 0 aliphatic heterocycles. The van der Waals surface area contributed by atoms with Crippen molar-refractivity contribution in [1.82, 2.24) is 9.55 Å². The molecule has 2 aromatic rings. The van der Waals surface area contributed by atoms with Crippen LogP contribution in [0.15, 0.2) is 36.8 Å². The van der Waals surface area contributed by atoms with E-state index in [1.165, 1.54) is 12.1 Å². The highest BCUT2D eigenvalue weighted by Gasteiger charge is 2.08. The minimum absolute atomic E-state index is 0.129. The van der Waals surface area contributed by atoms with Gasteiger partial charge in [-0.25, -0.2) is 9.37 Å². The van der Waals surface area contributed by atoms with Crippen LogP contribution in [0.25, 0.3) is 5.69 Å².